The monoisotopic (exact) mass is 490 g/mol. The zero-order valence-electron chi connectivity index (χ0n) is 13.4. The van der Waals surface area contributed by atoms with E-state index in [4.69, 9.17) is 4.42 Å². The van der Waals surface area contributed by atoms with Gasteiger partial charge in [-0.3, -0.25) is 9.69 Å². The molecule has 130 valence electrons. The van der Waals surface area contributed by atoms with Crippen molar-refractivity contribution in [1.29, 1.82) is 0 Å². The molecule has 1 amide bonds. The molecule has 0 aliphatic rings. The number of hydrogen-bond acceptors (Lipinski definition) is 4. The lowest BCUT2D eigenvalue weighted by atomic mass is 10.2. The summed E-state index contributed by atoms with van der Waals surface area (Å²) in [6.07, 6.45) is 0. The number of halogens is 2. The Morgan fingerprint density at radius 2 is 1.88 bits per heavy atom. The quantitative estimate of drug-likeness (QED) is 0.338. The van der Waals surface area contributed by atoms with Gasteiger partial charge in [-0.25, -0.2) is 4.98 Å². The van der Waals surface area contributed by atoms with E-state index in [1.807, 2.05) is 48.5 Å². The topological polar surface area (TPSA) is 46.3 Å². The van der Waals surface area contributed by atoms with Crippen LogP contribution in [0.4, 0.5) is 5.13 Å². The van der Waals surface area contributed by atoms with E-state index in [1.54, 1.807) is 17.0 Å². The highest BCUT2D eigenvalue weighted by atomic mass is 79.9. The number of aromatic nitrogens is 1. The number of furan rings is 1. The summed E-state index contributed by atoms with van der Waals surface area (Å²) in [5, 5.41) is 0.638. The second-order valence-electron chi connectivity index (χ2n) is 5.59. The van der Waals surface area contributed by atoms with Crippen LogP contribution < -0.4 is 4.90 Å². The molecule has 0 saturated heterocycles. The van der Waals surface area contributed by atoms with Crippen LogP contribution in [0.15, 0.2) is 74.2 Å². The van der Waals surface area contributed by atoms with Crippen LogP contribution in [0, 0.1) is 0 Å². The summed E-state index contributed by atoms with van der Waals surface area (Å²) in [5.74, 6) is 0.0471. The van der Waals surface area contributed by atoms with E-state index in [0.717, 1.165) is 20.3 Å². The van der Waals surface area contributed by atoms with Gasteiger partial charge in [0.25, 0.3) is 5.91 Å². The maximum absolute atomic E-state index is 13.1. The molecule has 0 aliphatic carbocycles. The highest BCUT2D eigenvalue weighted by Crippen LogP contribution is 2.32. The summed E-state index contributed by atoms with van der Waals surface area (Å²) in [7, 11) is 0. The van der Waals surface area contributed by atoms with Crippen molar-refractivity contribution in [2.75, 3.05) is 4.90 Å². The molecular weight excluding hydrogens is 480 g/mol. The molecule has 4 nitrogen and oxygen atoms in total. The van der Waals surface area contributed by atoms with Crippen LogP contribution in [0.2, 0.25) is 0 Å². The molecule has 4 aromatic rings. The van der Waals surface area contributed by atoms with Crippen molar-refractivity contribution in [3.8, 4) is 0 Å². The second kappa shape index (κ2) is 7.34. The third kappa shape index (κ3) is 3.60. The molecule has 0 saturated carbocycles. The smallest absolute Gasteiger partial charge is 0.296 e. The Morgan fingerprint density at radius 1 is 1.08 bits per heavy atom. The fraction of sp³-hybridized carbons (Fsp3) is 0.0526. The first-order chi connectivity index (χ1) is 12.6. The van der Waals surface area contributed by atoms with Crippen molar-refractivity contribution in [2.45, 2.75) is 6.54 Å². The third-order valence-corrected chi connectivity index (χ3v) is 5.74. The maximum atomic E-state index is 13.1. The molecule has 4 rings (SSSR count). The largest absolute Gasteiger partial charge is 0.444 e. The third-order valence-electron chi connectivity index (χ3n) is 3.78. The molecule has 0 radical (unpaired) electrons. The Balaban J connectivity index is 1.76. The number of anilines is 1. The van der Waals surface area contributed by atoms with Gasteiger partial charge in [0, 0.05) is 4.47 Å². The average molecular weight is 492 g/mol. The van der Waals surface area contributed by atoms with Crippen molar-refractivity contribution in [2.24, 2.45) is 0 Å². The SMILES string of the molecule is O=C(c1ccc(Br)o1)N(Cc1ccccc1)c1nc2ccc(Br)cc2s1. The molecule has 2 aromatic carbocycles. The number of thiazole rings is 1. The molecule has 7 heteroatoms. The molecular formula is C19H12Br2N2O2S. The minimum Gasteiger partial charge on any atom is -0.444 e. The lowest BCUT2D eigenvalue weighted by Crippen LogP contribution is -2.30. The van der Waals surface area contributed by atoms with Gasteiger partial charge >= 0.3 is 0 Å². The first-order valence-corrected chi connectivity index (χ1v) is 10.2. The summed E-state index contributed by atoms with van der Waals surface area (Å²) in [4.78, 5) is 19.4. The van der Waals surface area contributed by atoms with Gasteiger partial charge in [-0.15, -0.1) is 0 Å². The van der Waals surface area contributed by atoms with E-state index in [2.05, 4.69) is 36.8 Å². The van der Waals surface area contributed by atoms with E-state index < -0.39 is 0 Å². The van der Waals surface area contributed by atoms with Gasteiger partial charge in [0.2, 0.25) is 0 Å². The summed E-state index contributed by atoms with van der Waals surface area (Å²) in [5.41, 5.74) is 1.88. The molecule has 0 spiro atoms. The average Bonchev–Trinajstić information content (AvgIpc) is 3.25. The second-order valence-corrected chi connectivity index (χ2v) is 8.30. The predicted octanol–water partition coefficient (Wildman–Crippen LogP) is 6.26. The highest BCUT2D eigenvalue weighted by Gasteiger charge is 2.24. The maximum Gasteiger partial charge on any atom is 0.296 e. The van der Waals surface area contributed by atoms with E-state index in [0.29, 0.717) is 16.3 Å². The Labute approximate surface area is 170 Å². The van der Waals surface area contributed by atoms with Gasteiger partial charge in [0.05, 0.1) is 16.8 Å². The van der Waals surface area contributed by atoms with Gasteiger partial charge < -0.3 is 4.42 Å². The Morgan fingerprint density at radius 3 is 2.62 bits per heavy atom. The van der Waals surface area contributed by atoms with Crippen LogP contribution in [-0.4, -0.2) is 10.9 Å². The fourth-order valence-corrected chi connectivity index (χ4v) is 4.38. The summed E-state index contributed by atoms with van der Waals surface area (Å²) < 4.78 is 7.99. The molecule has 2 heterocycles. The van der Waals surface area contributed by atoms with Crippen molar-refractivity contribution in [3.05, 3.63) is 81.1 Å². The standard InChI is InChI=1S/C19H12Br2N2O2S/c20-13-6-7-14-16(10-13)26-19(22-14)23(11-12-4-2-1-3-5-12)18(24)15-8-9-17(21)25-15/h1-10H,11H2. The van der Waals surface area contributed by atoms with Gasteiger partial charge in [-0.2, -0.15) is 0 Å². The Hall–Kier alpha value is -1.96. The summed E-state index contributed by atoms with van der Waals surface area (Å²) in [6.45, 7) is 0.416. The minimum atomic E-state index is -0.224. The summed E-state index contributed by atoms with van der Waals surface area (Å²) in [6, 6.07) is 19.1. The minimum absolute atomic E-state index is 0.224. The molecule has 0 aliphatic heterocycles. The highest BCUT2D eigenvalue weighted by molar-refractivity contribution is 9.10. The molecule has 0 fully saturated rings. The number of fused-ring (bicyclic) bond motifs is 1. The van der Waals surface area contributed by atoms with Crippen molar-refractivity contribution < 1.29 is 9.21 Å². The van der Waals surface area contributed by atoms with Gasteiger partial charge in [0.1, 0.15) is 0 Å². The number of carbonyl (C=O) groups excluding carboxylic acids is 1. The van der Waals surface area contributed by atoms with Crippen LogP contribution in [0.5, 0.6) is 0 Å². The van der Waals surface area contributed by atoms with Crippen molar-refractivity contribution in [3.63, 3.8) is 0 Å². The number of carbonyl (C=O) groups is 1. The lowest BCUT2D eigenvalue weighted by Gasteiger charge is -2.18. The van der Waals surface area contributed by atoms with E-state index in [1.165, 1.54) is 11.3 Å². The van der Waals surface area contributed by atoms with Crippen LogP contribution in [0.3, 0.4) is 0 Å². The fourth-order valence-electron chi connectivity index (χ4n) is 2.56. The molecule has 26 heavy (non-hydrogen) atoms. The first kappa shape index (κ1) is 17.5. The lowest BCUT2D eigenvalue weighted by molar-refractivity contribution is 0.0957. The first-order valence-electron chi connectivity index (χ1n) is 7.77. The predicted molar refractivity (Wildman–Crippen MR) is 111 cm³/mol. The van der Waals surface area contributed by atoms with E-state index >= 15 is 0 Å². The Bertz CT molecular complexity index is 1080. The number of benzene rings is 2. The van der Waals surface area contributed by atoms with Crippen molar-refractivity contribution in [1.82, 2.24) is 4.98 Å². The van der Waals surface area contributed by atoms with E-state index in [9.17, 15) is 4.79 Å². The molecule has 0 atom stereocenters. The number of amides is 1. The summed E-state index contributed by atoms with van der Waals surface area (Å²) >= 11 is 8.21. The number of hydrogen-bond donors (Lipinski definition) is 0. The molecule has 2 aromatic heterocycles. The van der Waals surface area contributed by atoms with Crippen LogP contribution in [0.1, 0.15) is 16.1 Å². The van der Waals surface area contributed by atoms with Gasteiger partial charge in [0.15, 0.2) is 15.6 Å². The number of nitrogens with zero attached hydrogens (tertiary/aromatic N) is 2. The van der Waals surface area contributed by atoms with Crippen LogP contribution in [-0.2, 0) is 6.54 Å². The zero-order valence-corrected chi connectivity index (χ0v) is 17.3. The van der Waals surface area contributed by atoms with Gasteiger partial charge in [-0.1, -0.05) is 57.6 Å². The number of rotatable bonds is 4. The molecule has 0 bridgehead atoms. The van der Waals surface area contributed by atoms with Crippen LogP contribution >= 0.6 is 43.2 Å². The van der Waals surface area contributed by atoms with E-state index in [-0.39, 0.29) is 11.7 Å². The normalized spacial score (nSPS) is 11.0. The molecule has 0 unspecified atom stereocenters. The van der Waals surface area contributed by atoms with Crippen LogP contribution in [0.25, 0.3) is 10.2 Å². The zero-order chi connectivity index (χ0) is 18.1. The van der Waals surface area contributed by atoms with Crippen molar-refractivity contribution >= 4 is 64.5 Å². The van der Waals surface area contributed by atoms with Gasteiger partial charge in [-0.05, 0) is 51.8 Å². The molecule has 0 N–H and O–H groups in total. The Kier molecular flexibility index (Phi) is 4.93.